The number of hydrogen-bond donors (Lipinski definition) is 0. The van der Waals surface area contributed by atoms with Crippen LogP contribution in [0.5, 0.6) is 5.75 Å². The standard InChI is InChI=1S/C18H16N2O3/c1-2-20-17(12-23-14-9-7-13(11-21)8-10-14)19-16-6-4-3-5-15(16)18(20)22/h3-11H,2,12H2,1H3. The molecular weight excluding hydrogens is 292 g/mol. The third-order valence-electron chi connectivity index (χ3n) is 3.64. The highest BCUT2D eigenvalue weighted by Crippen LogP contribution is 2.14. The molecule has 5 nitrogen and oxygen atoms in total. The van der Waals surface area contributed by atoms with Crippen LogP contribution >= 0.6 is 0 Å². The second-order valence-corrected chi connectivity index (χ2v) is 5.07. The molecule has 0 aliphatic carbocycles. The monoisotopic (exact) mass is 308 g/mol. The molecule has 3 aromatic rings. The first-order chi connectivity index (χ1) is 11.2. The molecule has 23 heavy (non-hydrogen) atoms. The minimum atomic E-state index is -0.0620. The van der Waals surface area contributed by atoms with Gasteiger partial charge in [-0.3, -0.25) is 14.2 Å². The predicted octanol–water partition coefficient (Wildman–Crippen LogP) is 2.81. The Balaban J connectivity index is 1.92. The van der Waals surface area contributed by atoms with Gasteiger partial charge < -0.3 is 4.74 Å². The summed E-state index contributed by atoms with van der Waals surface area (Å²) in [6.45, 7) is 2.62. The molecule has 1 heterocycles. The van der Waals surface area contributed by atoms with Crippen molar-refractivity contribution in [1.29, 1.82) is 0 Å². The molecule has 0 bridgehead atoms. The first kappa shape index (κ1) is 15.0. The van der Waals surface area contributed by atoms with Crippen molar-refractivity contribution < 1.29 is 9.53 Å². The van der Waals surface area contributed by atoms with Gasteiger partial charge in [0.15, 0.2) is 0 Å². The average Bonchev–Trinajstić information content (AvgIpc) is 2.60. The Hall–Kier alpha value is -2.95. The number of ether oxygens (including phenoxy) is 1. The van der Waals surface area contributed by atoms with E-state index in [1.807, 2.05) is 25.1 Å². The van der Waals surface area contributed by atoms with Crippen LogP contribution in [0.25, 0.3) is 10.9 Å². The molecule has 0 aliphatic rings. The van der Waals surface area contributed by atoms with E-state index in [2.05, 4.69) is 4.98 Å². The van der Waals surface area contributed by atoms with Crippen LogP contribution in [-0.4, -0.2) is 15.8 Å². The molecule has 0 saturated heterocycles. The van der Waals surface area contributed by atoms with Crippen LogP contribution in [0.15, 0.2) is 53.3 Å². The number of carbonyl (C=O) groups is 1. The summed E-state index contributed by atoms with van der Waals surface area (Å²) in [6, 6.07) is 14.1. The second-order valence-electron chi connectivity index (χ2n) is 5.07. The van der Waals surface area contributed by atoms with E-state index in [-0.39, 0.29) is 12.2 Å². The molecular formula is C18H16N2O3. The van der Waals surface area contributed by atoms with Crippen molar-refractivity contribution in [2.24, 2.45) is 0 Å². The topological polar surface area (TPSA) is 61.2 Å². The summed E-state index contributed by atoms with van der Waals surface area (Å²) in [5.41, 5.74) is 1.19. The maximum Gasteiger partial charge on any atom is 0.261 e. The number of aldehydes is 1. The number of carbonyl (C=O) groups excluding carboxylic acids is 1. The lowest BCUT2D eigenvalue weighted by molar-refractivity contribution is 0.112. The third kappa shape index (κ3) is 2.99. The first-order valence-corrected chi connectivity index (χ1v) is 7.39. The molecule has 0 radical (unpaired) electrons. The van der Waals surface area contributed by atoms with Gasteiger partial charge in [-0.05, 0) is 43.3 Å². The van der Waals surface area contributed by atoms with E-state index in [0.717, 1.165) is 6.29 Å². The van der Waals surface area contributed by atoms with Gasteiger partial charge in [0, 0.05) is 12.1 Å². The Morgan fingerprint density at radius 3 is 2.57 bits per heavy atom. The van der Waals surface area contributed by atoms with Gasteiger partial charge >= 0.3 is 0 Å². The van der Waals surface area contributed by atoms with E-state index < -0.39 is 0 Å². The highest BCUT2D eigenvalue weighted by atomic mass is 16.5. The van der Waals surface area contributed by atoms with Gasteiger partial charge in [0.05, 0.1) is 10.9 Å². The fraction of sp³-hybridized carbons (Fsp3) is 0.167. The van der Waals surface area contributed by atoms with Gasteiger partial charge in [-0.25, -0.2) is 4.98 Å². The Morgan fingerprint density at radius 1 is 1.13 bits per heavy atom. The lowest BCUT2D eigenvalue weighted by Gasteiger charge is -2.12. The average molecular weight is 308 g/mol. The van der Waals surface area contributed by atoms with Crippen molar-refractivity contribution in [1.82, 2.24) is 9.55 Å². The van der Waals surface area contributed by atoms with Gasteiger partial charge in [0.2, 0.25) is 0 Å². The maximum absolute atomic E-state index is 12.5. The third-order valence-corrected chi connectivity index (χ3v) is 3.64. The molecule has 0 fully saturated rings. The van der Waals surface area contributed by atoms with E-state index in [1.165, 1.54) is 0 Å². The highest BCUT2D eigenvalue weighted by Gasteiger charge is 2.10. The lowest BCUT2D eigenvalue weighted by Crippen LogP contribution is -2.25. The van der Waals surface area contributed by atoms with E-state index >= 15 is 0 Å². The minimum Gasteiger partial charge on any atom is -0.486 e. The molecule has 0 spiro atoms. The number of aromatic nitrogens is 2. The van der Waals surface area contributed by atoms with E-state index in [9.17, 15) is 9.59 Å². The van der Waals surface area contributed by atoms with Gasteiger partial charge in [0.1, 0.15) is 24.5 Å². The SMILES string of the molecule is CCn1c(COc2ccc(C=O)cc2)nc2ccccc2c1=O. The number of rotatable bonds is 5. The summed E-state index contributed by atoms with van der Waals surface area (Å²) in [5.74, 6) is 1.20. The summed E-state index contributed by atoms with van der Waals surface area (Å²) < 4.78 is 7.31. The molecule has 0 amide bonds. The van der Waals surface area contributed by atoms with E-state index in [1.54, 1.807) is 34.9 Å². The number of fused-ring (bicyclic) bond motifs is 1. The maximum atomic E-state index is 12.5. The van der Waals surface area contributed by atoms with Crippen molar-refractivity contribution in [3.63, 3.8) is 0 Å². The summed E-state index contributed by atoms with van der Waals surface area (Å²) >= 11 is 0. The molecule has 0 N–H and O–H groups in total. The number of para-hydroxylation sites is 1. The van der Waals surface area contributed by atoms with E-state index in [0.29, 0.717) is 34.6 Å². The summed E-state index contributed by atoms with van der Waals surface area (Å²) in [7, 11) is 0. The van der Waals surface area contributed by atoms with Gasteiger partial charge in [0.25, 0.3) is 5.56 Å². The molecule has 1 aromatic heterocycles. The molecule has 3 rings (SSSR count). The molecule has 0 atom stereocenters. The Bertz CT molecular complexity index is 898. The zero-order chi connectivity index (χ0) is 16.2. The first-order valence-electron chi connectivity index (χ1n) is 7.39. The molecule has 0 aliphatic heterocycles. The summed E-state index contributed by atoms with van der Waals surface area (Å²) in [5, 5.41) is 0.605. The molecule has 2 aromatic carbocycles. The number of hydrogen-bond acceptors (Lipinski definition) is 4. The fourth-order valence-corrected chi connectivity index (χ4v) is 2.44. The fourth-order valence-electron chi connectivity index (χ4n) is 2.44. The quantitative estimate of drug-likeness (QED) is 0.680. The van der Waals surface area contributed by atoms with Crippen LogP contribution in [0.1, 0.15) is 23.1 Å². The number of nitrogens with zero attached hydrogens (tertiary/aromatic N) is 2. The van der Waals surface area contributed by atoms with Crippen LogP contribution in [0.2, 0.25) is 0 Å². The molecule has 0 unspecified atom stereocenters. The zero-order valence-corrected chi connectivity index (χ0v) is 12.7. The molecule has 0 saturated carbocycles. The van der Waals surface area contributed by atoms with Crippen LogP contribution in [0.4, 0.5) is 0 Å². The van der Waals surface area contributed by atoms with Crippen LogP contribution in [0, 0.1) is 0 Å². The lowest BCUT2D eigenvalue weighted by atomic mass is 10.2. The summed E-state index contributed by atoms with van der Waals surface area (Å²) in [4.78, 5) is 27.7. The largest absolute Gasteiger partial charge is 0.486 e. The minimum absolute atomic E-state index is 0.0620. The second kappa shape index (κ2) is 6.44. The number of benzene rings is 2. The van der Waals surface area contributed by atoms with Crippen LogP contribution in [0.3, 0.4) is 0 Å². The molecule has 5 heteroatoms. The Kier molecular flexibility index (Phi) is 4.19. The van der Waals surface area contributed by atoms with Gasteiger partial charge in [-0.2, -0.15) is 0 Å². The van der Waals surface area contributed by atoms with Crippen molar-refractivity contribution in [2.45, 2.75) is 20.1 Å². The zero-order valence-electron chi connectivity index (χ0n) is 12.7. The van der Waals surface area contributed by atoms with Crippen molar-refractivity contribution in [2.75, 3.05) is 0 Å². The summed E-state index contributed by atoms with van der Waals surface area (Å²) in [6.07, 6.45) is 0.781. The normalized spacial score (nSPS) is 10.7. The van der Waals surface area contributed by atoms with Gasteiger partial charge in [-0.1, -0.05) is 12.1 Å². The highest BCUT2D eigenvalue weighted by molar-refractivity contribution is 5.77. The van der Waals surface area contributed by atoms with E-state index in [4.69, 9.17) is 4.74 Å². The predicted molar refractivity (Wildman–Crippen MR) is 87.8 cm³/mol. The Morgan fingerprint density at radius 2 is 1.87 bits per heavy atom. The van der Waals surface area contributed by atoms with Crippen LogP contribution < -0.4 is 10.3 Å². The Labute approximate surface area is 133 Å². The van der Waals surface area contributed by atoms with Crippen molar-refractivity contribution in [3.05, 3.63) is 70.3 Å². The van der Waals surface area contributed by atoms with Crippen molar-refractivity contribution in [3.8, 4) is 5.75 Å². The van der Waals surface area contributed by atoms with Crippen molar-refractivity contribution >= 4 is 17.2 Å². The smallest absolute Gasteiger partial charge is 0.261 e. The van der Waals surface area contributed by atoms with Crippen LogP contribution in [-0.2, 0) is 13.2 Å². The molecule has 116 valence electrons. The van der Waals surface area contributed by atoms with Gasteiger partial charge in [-0.15, -0.1) is 0 Å².